The van der Waals surface area contributed by atoms with E-state index in [4.69, 9.17) is 0 Å². The van der Waals surface area contributed by atoms with E-state index in [1.807, 2.05) is 0 Å². The van der Waals surface area contributed by atoms with Gasteiger partial charge in [-0.15, -0.1) is 0 Å². The van der Waals surface area contributed by atoms with Crippen molar-refractivity contribution in [3.05, 3.63) is 29.0 Å². The average Bonchev–Trinajstić information content (AvgIpc) is 2.45. The van der Waals surface area contributed by atoms with Gasteiger partial charge in [-0.25, -0.2) is 4.98 Å². The first-order valence-corrected chi connectivity index (χ1v) is 6.38. The molecule has 0 spiro atoms. The molecule has 1 heterocycles. The first-order chi connectivity index (χ1) is 10.3. The molecule has 1 aliphatic rings. The monoisotopic (exact) mass is 315 g/mol. The zero-order valence-electron chi connectivity index (χ0n) is 11.5. The molecule has 0 aromatic carbocycles. The van der Waals surface area contributed by atoms with E-state index in [9.17, 15) is 27.9 Å². The summed E-state index contributed by atoms with van der Waals surface area (Å²) in [5.41, 5.74) is -1.85. The lowest BCUT2D eigenvalue weighted by atomic mass is 9.90. The largest absolute Gasteiger partial charge is 0.505 e. The number of hydrogen-bond donors (Lipinski definition) is 1. The predicted octanol–water partition coefficient (Wildman–Crippen LogP) is 2.70. The van der Waals surface area contributed by atoms with E-state index in [2.05, 4.69) is 9.72 Å². The summed E-state index contributed by atoms with van der Waals surface area (Å²) in [6, 6.07) is 1.57. The third-order valence-electron chi connectivity index (χ3n) is 3.20. The van der Waals surface area contributed by atoms with Crippen molar-refractivity contribution in [2.24, 2.45) is 0 Å². The van der Waals surface area contributed by atoms with Crippen molar-refractivity contribution in [1.29, 1.82) is 0 Å². The number of carbonyl (C=O) groups excluding carboxylic acids is 2. The van der Waals surface area contributed by atoms with Gasteiger partial charge in [0.2, 0.25) is 5.88 Å². The molecule has 1 fully saturated rings. The number of hydrogen-bond acceptors (Lipinski definition) is 5. The molecule has 0 saturated heterocycles. The van der Waals surface area contributed by atoms with E-state index in [1.165, 1.54) is 0 Å². The number of halogens is 3. The van der Waals surface area contributed by atoms with Gasteiger partial charge in [-0.2, -0.15) is 13.2 Å². The highest BCUT2D eigenvalue weighted by molar-refractivity contribution is 6.25. The van der Waals surface area contributed by atoms with Crippen LogP contribution in [-0.2, 0) is 15.8 Å². The molecule has 1 aromatic rings. The number of aliphatic hydroxyl groups is 1. The fourth-order valence-corrected chi connectivity index (χ4v) is 2.15. The normalized spacial score (nSPS) is 15.9. The maximum absolute atomic E-state index is 12.7. The molecule has 22 heavy (non-hydrogen) atoms. The molecule has 0 unspecified atom stereocenters. The predicted molar refractivity (Wildman–Crippen MR) is 69.2 cm³/mol. The molecular formula is C14H12F3NO4. The summed E-state index contributed by atoms with van der Waals surface area (Å²) < 4.78 is 42.8. The van der Waals surface area contributed by atoms with Crippen LogP contribution in [0.4, 0.5) is 13.2 Å². The van der Waals surface area contributed by atoms with Gasteiger partial charge in [0.05, 0.1) is 7.11 Å². The number of aromatic nitrogens is 1. The van der Waals surface area contributed by atoms with Crippen LogP contribution in [0.5, 0.6) is 5.88 Å². The second-order valence-electron chi connectivity index (χ2n) is 4.67. The standard InChI is InChI=1S/C14H12F3NO4/c1-22-13-7(14(15,16)17)5-6-8(18-13)12(21)11-9(19)3-2-4-10(11)20/h5-6,21H,2-4H2,1H3. The van der Waals surface area contributed by atoms with Crippen LogP contribution in [0.25, 0.3) is 5.76 Å². The Labute approximate surface area is 123 Å². The lowest BCUT2D eigenvalue weighted by Gasteiger charge is -2.15. The number of pyridine rings is 1. The molecule has 8 heteroatoms. The van der Waals surface area contributed by atoms with Crippen LogP contribution in [0.1, 0.15) is 30.5 Å². The Morgan fingerprint density at radius 2 is 1.82 bits per heavy atom. The van der Waals surface area contributed by atoms with Gasteiger partial charge in [0.1, 0.15) is 16.8 Å². The average molecular weight is 315 g/mol. The summed E-state index contributed by atoms with van der Waals surface area (Å²) in [7, 11) is 1.00. The van der Waals surface area contributed by atoms with Crippen LogP contribution in [0.15, 0.2) is 17.7 Å². The van der Waals surface area contributed by atoms with Gasteiger partial charge in [-0.3, -0.25) is 9.59 Å². The Bertz CT molecular complexity index is 647. The van der Waals surface area contributed by atoms with E-state index < -0.39 is 40.5 Å². The van der Waals surface area contributed by atoms with Crippen molar-refractivity contribution in [1.82, 2.24) is 4.98 Å². The summed E-state index contributed by atoms with van der Waals surface area (Å²) >= 11 is 0. The minimum atomic E-state index is -4.67. The SMILES string of the molecule is COc1nc(C(O)=C2C(=O)CCCC2=O)ccc1C(F)(F)F. The van der Waals surface area contributed by atoms with Gasteiger partial charge >= 0.3 is 6.18 Å². The highest BCUT2D eigenvalue weighted by Crippen LogP contribution is 2.36. The second-order valence-corrected chi connectivity index (χ2v) is 4.67. The molecule has 5 nitrogen and oxygen atoms in total. The quantitative estimate of drug-likeness (QED) is 0.516. The molecule has 0 radical (unpaired) electrons. The number of nitrogens with zero attached hydrogens (tertiary/aromatic N) is 1. The highest BCUT2D eigenvalue weighted by Gasteiger charge is 2.36. The highest BCUT2D eigenvalue weighted by atomic mass is 19.4. The maximum atomic E-state index is 12.7. The number of alkyl halides is 3. The zero-order chi connectivity index (χ0) is 16.5. The number of methoxy groups -OCH3 is 1. The summed E-state index contributed by atoms with van der Waals surface area (Å²) in [4.78, 5) is 27.0. The first-order valence-electron chi connectivity index (χ1n) is 6.38. The van der Waals surface area contributed by atoms with Gasteiger partial charge in [-0.05, 0) is 18.6 Å². The van der Waals surface area contributed by atoms with Crippen molar-refractivity contribution in [2.75, 3.05) is 7.11 Å². The van der Waals surface area contributed by atoms with Crippen molar-refractivity contribution in [3.63, 3.8) is 0 Å². The zero-order valence-corrected chi connectivity index (χ0v) is 11.5. The van der Waals surface area contributed by atoms with Gasteiger partial charge < -0.3 is 9.84 Å². The summed E-state index contributed by atoms with van der Waals surface area (Å²) in [6.45, 7) is 0. The van der Waals surface area contributed by atoms with E-state index in [0.29, 0.717) is 12.5 Å². The molecule has 2 rings (SSSR count). The molecule has 0 bridgehead atoms. The van der Waals surface area contributed by atoms with Crippen LogP contribution in [0, 0.1) is 0 Å². The Morgan fingerprint density at radius 3 is 2.32 bits per heavy atom. The molecule has 1 saturated carbocycles. The molecular weight excluding hydrogens is 303 g/mol. The molecule has 1 N–H and O–H groups in total. The van der Waals surface area contributed by atoms with Crippen molar-refractivity contribution >= 4 is 17.3 Å². The number of rotatable bonds is 2. The van der Waals surface area contributed by atoms with E-state index >= 15 is 0 Å². The Kier molecular flexibility index (Phi) is 4.20. The minimum absolute atomic E-state index is 0.100. The van der Waals surface area contributed by atoms with Gasteiger partial charge in [0, 0.05) is 12.8 Å². The van der Waals surface area contributed by atoms with Crippen LogP contribution >= 0.6 is 0 Å². The van der Waals surface area contributed by atoms with Crippen LogP contribution in [0.2, 0.25) is 0 Å². The van der Waals surface area contributed by atoms with E-state index in [0.717, 1.165) is 13.2 Å². The van der Waals surface area contributed by atoms with E-state index in [1.54, 1.807) is 0 Å². The van der Waals surface area contributed by atoms with Gasteiger partial charge in [0.15, 0.2) is 17.3 Å². The molecule has 1 aliphatic carbocycles. The van der Waals surface area contributed by atoms with Crippen molar-refractivity contribution in [2.45, 2.75) is 25.4 Å². The number of carbonyl (C=O) groups is 2. The third kappa shape index (κ3) is 2.95. The molecule has 1 aromatic heterocycles. The topological polar surface area (TPSA) is 76.5 Å². The lowest BCUT2D eigenvalue weighted by Crippen LogP contribution is -2.21. The lowest BCUT2D eigenvalue weighted by molar-refractivity contribution is -0.139. The number of aliphatic hydroxyl groups excluding tert-OH is 1. The van der Waals surface area contributed by atoms with Crippen molar-refractivity contribution in [3.8, 4) is 5.88 Å². The summed E-state index contributed by atoms with van der Waals surface area (Å²) in [5, 5.41) is 10.0. The smallest absolute Gasteiger partial charge is 0.421 e. The second kappa shape index (κ2) is 5.78. The fraction of sp³-hybridized carbons (Fsp3) is 0.357. The first kappa shape index (κ1) is 16.0. The third-order valence-corrected chi connectivity index (χ3v) is 3.20. The minimum Gasteiger partial charge on any atom is -0.505 e. The number of allylic oxidation sites excluding steroid dienone is 1. The van der Waals surface area contributed by atoms with Crippen LogP contribution in [-0.4, -0.2) is 28.8 Å². The fourth-order valence-electron chi connectivity index (χ4n) is 2.15. The molecule has 0 aliphatic heterocycles. The summed E-state index contributed by atoms with van der Waals surface area (Å²) in [5.74, 6) is -2.56. The van der Waals surface area contributed by atoms with Crippen molar-refractivity contribution < 1.29 is 32.6 Å². The Morgan fingerprint density at radius 1 is 1.23 bits per heavy atom. The Balaban J connectivity index is 2.53. The maximum Gasteiger partial charge on any atom is 0.421 e. The van der Waals surface area contributed by atoms with Gasteiger partial charge in [-0.1, -0.05) is 0 Å². The van der Waals surface area contributed by atoms with E-state index in [-0.39, 0.29) is 18.5 Å². The van der Waals surface area contributed by atoms with Crippen LogP contribution in [0.3, 0.4) is 0 Å². The molecule has 118 valence electrons. The number of ether oxygens (including phenoxy) is 1. The molecule has 0 atom stereocenters. The van der Waals surface area contributed by atoms with Crippen LogP contribution < -0.4 is 4.74 Å². The number of ketones is 2. The number of Topliss-reactive ketones (excluding diaryl/α,β-unsaturated/α-hetero) is 2. The summed E-state index contributed by atoms with van der Waals surface area (Å²) in [6.07, 6.45) is -4.08. The molecule has 0 amide bonds. The Hall–Kier alpha value is -2.38. The van der Waals surface area contributed by atoms with Gasteiger partial charge in [0.25, 0.3) is 0 Å².